The minimum absolute atomic E-state index is 0.279. The Labute approximate surface area is 116 Å². The summed E-state index contributed by atoms with van der Waals surface area (Å²) in [7, 11) is 0. The van der Waals surface area contributed by atoms with Crippen molar-refractivity contribution in [3.63, 3.8) is 0 Å². The lowest BCUT2D eigenvalue weighted by Gasteiger charge is -2.45. The Bertz CT molecular complexity index is 298. The number of hydrogen-bond acceptors (Lipinski definition) is 6. The van der Waals surface area contributed by atoms with Crippen LogP contribution in [0.3, 0.4) is 0 Å². The monoisotopic (exact) mass is 273 g/mol. The van der Waals surface area contributed by atoms with E-state index in [2.05, 4.69) is 20.8 Å². The van der Waals surface area contributed by atoms with E-state index >= 15 is 0 Å². The highest BCUT2D eigenvalue weighted by molar-refractivity contribution is 4.93. The molecule has 1 saturated carbocycles. The summed E-state index contributed by atoms with van der Waals surface area (Å²) in [5.41, 5.74) is 27.3. The zero-order chi connectivity index (χ0) is 15.3. The lowest BCUT2D eigenvalue weighted by Crippen LogP contribution is -2.56. The number of aliphatic hydroxyl groups is 1. The molecule has 2 unspecified atom stereocenters. The highest BCUT2D eigenvalue weighted by Gasteiger charge is 2.38. The van der Waals surface area contributed by atoms with E-state index in [1.165, 1.54) is 6.42 Å². The van der Waals surface area contributed by atoms with Gasteiger partial charge in [0.15, 0.2) is 0 Å². The van der Waals surface area contributed by atoms with E-state index in [0.717, 1.165) is 25.5 Å². The molecular weight excluding hydrogens is 242 g/mol. The number of aliphatic hydroxyl groups excluding tert-OH is 1. The maximum Gasteiger partial charge on any atom is 0.138 e. The first-order valence-corrected chi connectivity index (χ1v) is 6.57. The second kappa shape index (κ2) is 6.67. The van der Waals surface area contributed by atoms with Crippen LogP contribution in [0.1, 0.15) is 40.0 Å². The van der Waals surface area contributed by atoms with Crippen LogP contribution in [0.5, 0.6) is 0 Å². The van der Waals surface area contributed by atoms with Gasteiger partial charge in [-0.3, -0.25) is 17.2 Å². The Kier molecular flexibility index (Phi) is 6.44. The Morgan fingerprint density at radius 1 is 1.21 bits per heavy atom. The van der Waals surface area contributed by atoms with Crippen molar-refractivity contribution >= 4 is 0 Å². The van der Waals surface area contributed by atoms with Gasteiger partial charge < -0.3 is 16.6 Å². The van der Waals surface area contributed by atoms with Crippen LogP contribution in [0.4, 0.5) is 0 Å². The molecule has 2 atom stereocenters. The molecule has 0 aliphatic heterocycles. The first-order valence-electron chi connectivity index (χ1n) is 6.57. The maximum atomic E-state index is 7.98. The van der Waals surface area contributed by atoms with Gasteiger partial charge in [-0.05, 0) is 42.7 Å². The molecule has 11 N–H and O–H groups in total. The van der Waals surface area contributed by atoms with E-state index in [9.17, 15) is 0 Å². The normalized spacial score (nSPS) is 30.8. The fourth-order valence-electron chi connectivity index (χ4n) is 3.00. The molecule has 0 spiro atoms. The minimum Gasteiger partial charge on any atom is -0.516 e. The van der Waals surface area contributed by atoms with Gasteiger partial charge in [-0.15, -0.1) is 0 Å². The average Bonchev–Trinajstić information content (AvgIpc) is 2.12. The van der Waals surface area contributed by atoms with Crippen LogP contribution in [-0.4, -0.2) is 23.5 Å². The van der Waals surface area contributed by atoms with E-state index in [1.807, 2.05) is 0 Å². The summed E-state index contributed by atoms with van der Waals surface area (Å²) in [5.74, 6) is -1.38. The molecule has 0 radical (unpaired) electrons. The zero-order valence-corrected chi connectivity index (χ0v) is 12.4. The van der Waals surface area contributed by atoms with E-state index in [0.29, 0.717) is 17.7 Å². The second-order valence-corrected chi connectivity index (χ2v) is 6.84. The first-order chi connectivity index (χ1) is 8.43. The lowest BCUT2D eigenvalue weighted by molar-refractivity contribution is 0.0904. The van der Waals surface area contributed by atoms with Crippen LogP contribution < -0.4 is 28.7 Å². The molecule has 0 aromatic carbocycles. The molecule has 0 amide bonds. The molecule has 0 aromatic heterocycles. The Hall–Kier alpha value is -0.660. The molecule has 19 heavy (non-hydrogen) atoms. The van der Waals surface area contributed by atoms with E-state index in [4.69, 9.17) is 33.8 Å². The van der Waals surface area contributed by atoms with E-state index in [1.54, 1.807) is 0 Å². The van der Waals surface area contributed by atoms with Crippen molar-refractivity contribution in [3.05, 3.63) is 12.3 Å². The molecule has 0 saturated heterocycles. The Morgan fingerprint density at radius 3 is 2.00 bits per heavy atom. The second-order valence-electron chi connectivity index (χ2n) is 6.84. The van der Waals surface area contributed by atoms with Crippen molar-refractivity contribution < 1.29 is 5.11 Å². The third-order valence-corrected chi connectivity index (χ3v) is 3.33. The molecule has 0 heterocycles. The molecule has 0 aromatic rings. The van der Waals surface area contributed by atoms with Gasteiger partial charge in [-0.25, -0.2) is 0 Å². The molecule has 6 nitrogen and oxygen atoms in total. The fraction of sp³-hybridized carbons (Fsp3) is 0.846. The van der Waals surface area contributed by atoms with Crippen molar-refractivity contribution in [2.45, 2.75) is 51.9 Å². The van der Waals surface area contributed by atoms with Gasteiger partial charge >= 0.3 is 0 Å². The summed E-state index contributed by atoms with van der Waals surface area (Å²) in [5, 5.41) is 7.98. The summed E-state index contributed by atoms with van der Waals surface area (Å²) in [6, 6.07) is 0.349. The predicted molar refractivity (Wildman–Crippen MR) is 79.8 cm³/mol. The van der Waals surface area contributed by atoms with Crippen LogP contribution in [-0.2, 0) is 0 Å². The highest BCUT2D eigenvalue weighted by Crippen LogP contribution is 2.44. The maximum absolute atomic E-state index is 7.98. The topological polar surface area (TPSA) is 150 Å². The van der Waals surface area contributed by atoms with Crippen molar-refractivity contribution in [1.29, 1.82) is 0 Å². The molecule has 1 aliphatic carbocycles. The summed E-state index contributed by atoms with van der Waals surface area (Å²) < 4.78 is 0. The third kappa shape index (κ3) is 8.18. The lowest BCUT2D eigenvalue weighted by atomic mass is 9.63. The standard InChI is InChI=1S/C10H22N2.C3H9N3O/c1-9(2)4-8(12)5-10(3,6-9)7-11;4-3(5,6)1-2-7/h8H,4-7,11-12H2,1-3H3;1-2,7H,4-6H2. The smallest absolute Gasteiger partial charge is 0.138 e. The van der Waals surface area contributed by atoms with Gasteiger partial charge in [0.05, 0.1) is 6.26 Å². The summed E-state index contributed by atoms with van der Waals surface area (Å²) in [4.78, 5) is 0. The van der Waals surface area contributed by atoms with Crippen LogP contribution in [0.15, 0.2) is 12.3 Å². The molecule has 1 aliphatic rings. The Balaban J connectivity index is 0.000000399. The van der Waals surface area contributed by atoms with Crippen LogP contribution in [0.25, 0.3) is 0 Å². The van der Waals surface area contributed by atoms with Gasteiger partial charge in [0.1, 0.15) is 5.79 Å². The molecular formula is C13H31N5O. The summed E-state index contributed by atoms with van der Waals surface area (Å²) in [6.07, 6.45) is 5.23. The summed E-state index contributed by atoms with van der Waals surface area (Å²) >= 11 is 0. The fourth-order valence-corrected chi connectivity index (χ4v) is 3.00. The van der Waals surface area contributed by atoms with Crippen LogP contribution in [0.2, 0.25) is 0 Å². The third-order valence-electron chi connectivity index (χ3n) is 3.33. The molecule has 0 bridgehead atoms. The van der Waals surface area contributed by atoms with Crippen molar-refractivity contribution in [2.75, 3.05) is 6.54 Å². The molecule has 1 fully saturated rings. The van der Waals surface area contributed by atoms with E-state index in [-0.39, 0.29) is 5.41 Å². The van der Waals surface area contributed by atoms with E-state index < -0.39 is 5.79 Å². The molecule has 1 rings (SSSR count). The SMILES string of the molecule is CC1(C)CC(N)CC(C)(CN)C1.NC(N)(N)C=CO. The van der Waals surface area contributed by atoms with Crippen molar-refractivity contribution in [3.8, 4) is 0 Å². The van der Waals surface area contributed by atoms with Gasteiger partial charge in [-0.1, -0.05) is 20.8 Å². The van der Waals surface area contributed by atoms with Gasteiger partial charge in [0.25, 0.3) is 0 Å². The number of hydrogen-bond donors (Lipinski definition) is 6. The van der Waals surface area contributed by atoms with Crippen molar-refractivity contribution in [1.82, 2.24) is 0 Å². The predicted octanol–water partition coefficient (Wildman–Crippen LogP) is 0.0768. The largest absolute Gasteiger partial charge is 0.516 e. The zero-order valence-electron chi connectivity index (χ0n) is 12.4. The first kappa shape index (κ1) is 18.3. The summed E-state index contributed by atoms with van der Waals surface area (Å²) in [6.45, 7) is 7.61. The van der Waals surface area contributed by atoms with Crippen LogP contribution >= 0.6 is 0 Å². The Morgan fingerprint density at radius 2 is 1.74 bits per heavy atom. The highest BCUT2D eigenvalue weighted by atomic mass is 16.2. The number of rotatable bonds is 2. The molecule has 114 valence electrons. The minimum atomic E-state index is -1.38. The quantitative estimate of drug-likeness (QED) is 0.310. The number of nitrogens with two attached hydrogens (primary N) is 5. The van der Waals surface area contributed by atoms with Crippen molar-refractivity contribution in [2.24, 2.45) is 39.5 Å². The van der Waals surface area contributed by atoms with Crippen LogP contribution in [0, 0.1) is 10.8 Å². The van der Waals surface area contributed by atoms with Gasteiger partial charge in [0, 0.05) is 6.04 Å². The molecule has 6 heteroatoms. The average molecular weight is 273 g/mol. The van der Waals surface area contributed by atoms with Gasteiger partial charge in [-0.2, -0.15) is 0 Å². The van der Waals surface area contributed by atoms with Gasteiger partial charge in [0.2, 0.25) is 0 Å².